The van der Waals surface area contributed by atoms with Crippen molar-refractivity contribution in [2.45, 2.75) is 46.0 Å². The third-order valence-electron chi connectivity index (χ3n) is 3.76. The topological polar surface area (TPSA) is 3.24 Å². The molecule has 0 unspecified atom stereocenters. The molecule has 0 bridgehead atoms. The smallest absolute Gasteiger partial charge is 0.0173 e. The maximum Gasteiger partial charge on any atom is 0.0173 e. The van der Waals surface area contributed by atoms with E-state index in [2.05, 4.69) is 37.1 Å². The van der Waals surface area contributed by atoms with Crippen LogP contribution in [0.15, 0.2) is 23.9 Å². The molecule has 2 aliphatic rings. The predicted molar refractivity (Wildman–Crippen MR) is 65.7 cm³/mol. The van der Waals surface area contributed by atoms with E-state index in [9.17, 15) is 0 Å². The molecule has 2 rings (SSSR count). The number of nitrogens with zero attached hydrogens (tertiary/aromatic N) is 1. The maximum atomic E-state index is 2.45. The van der Waals surface area contributed by atoms with Crippen LogP contribution in [-0.2, 0) is 0 Å². The normalized spacial score (nSPS) is 26.0. The highest BCUT2D eigenvalue weighted by Crippen LogP contribution is 2.37. The summed E-state index contributed by atoms with van der Waals surface area (Å²) in [6.45, 7) is 7.24. The molecule has 0 aromatic rings. The van der Waals surface area contributed by atoms with Crippen molar-refractivity contribution in [2.75, 3.05) is 13.1 Å². The molecule has 0 N–H and O–H groups in total. The van der Waals surface area contributed by atoms with Gasteiger partial charge in [-0.1, -0.05) is 19.9 Å². The maximum absolute atomic E-state index is 2.45. The molecule has 1 aliphatic carbocycles. The Kier molecular flexibility index (Phi) is 3.18. The van der Waals surface area contributed by atoms with Crippen molar-refractivity contribution in [3.05, 3.63) is 23.9 Å². The van der Waals surface area contributed by atoms with E-state index in [0.717, 1.165) is 0 Å². The van der Waals surface area contributed by atoms with Crippen molar-refractivity contribution in [1.29, 1.82) is 0 Å². The molecule has 15 heavy (non-hydrogen) atoms. The lowest BCUT2D eigenvalue weighted by Crippen LogP contribution is -2.18. The van der Waals surface area contributed by atoms with Gasteiger partial charge < -0.3 is 4.90 Å². The number of allylic oxidation sites excluding steroid dienone is 3. The van der Waals surface area contributed by atoms with Gasteiger partial charge in [0.1, 0.15) is 0 Å². The molecule has 0 aromatic carbocycles. The van der Waals surface area contributed by atoms with Crippen molar-refractivity contribution >= 4 is 0 Å². The van der Waals surface area contributed by atoms with Gasteiger partial charge in [-0.05, 0) is 55.4 Å². The SMILES string of the molecule is CC1(C)CCCC=C1/C=C/N1CCCC1. The van der Waals surface area contributed by atoms with Crippen molar-refractivity contribution in [3.8, 4) is 0 Å². The molecule has 0 amide bonds. The van der Waals surface area contributed by atoms with Gasteiger partial charge in [-0.15, -0.1) is 0 Å². The van der Waals surface area contributed by atoms with Gasteiger partial charge in [-0.3, -0.25) is 0 Å². The van der Waals surface area contributed by atoms with E-state index < -0.39 is 0 Å². The number of rotatable bonds is 2. The Morgan fingerprint density at radius 1 is 1.20 bits per heavy atom. The van der Waals surface area contributed by atoms with Crippen LogP contribution in [0.25, 0.3) is 0 Å². The average molecular weight is 205 g/mol. The molecule has 0 spiro atoms. The first-order valence-electron chi connectivity index (χ1n) is 6.31. The van der Waals surface area contributed by atoms with Gasteiger partial charge in [-0.25, -0.2) is 0 Å². The van der Waals surface area contributed by atoms with Crippen molar-refractivity contribution in [2.24, 2.45) is 5.41 Å². The van der Waals surface area contributed by atoms with Gasteiger partial charge in [-0.2, -0.15) is 0 Å². The zero-order valence-electron chi connectivity index (χ0n) is 10.1. The summed E-state index contributed by atoms with van der Waals surface area (Å²) in [6.07, 6.45) is 13.8. The minimum Gasteiger partial charge on any atom is -0.377 e. The third kappa shape index (κ3) is 2.64. The van der Waals surface area contributed by atoms with Gasteiger partial charge in [0.05, 0.1) is 0 Å². The van der Waals surface area contributed by atoms with Gasteiger partial charge >= 0.3 is 0 Å². The summed E-state index contributed by atoms with van der Waals surface area (Å²) in [5.41, 5.74) is 1.94. The lowest BCUT2D eigenvalue weighted by Gasteiger charge is -2.30. The molecule has 1 heterocycles. The van der Waals surface area contributed by atoms with E-state index in [0.29, 0.717) is 5.41 Å². The second-order valence-electron chi connectivity index (χ2n) is 5.49. The summed E-state index contributed by atoms with van der Waals surface area (Å²) in [6, 6.07) is 0. The molecule has 1 fully saturated rings. The zero-order chi connectivity index (χ0) is 10.7. The molecule has 1 heteroatoms. The van der Waals surface area contributed by atoms with E-state index in [1.54, 1.807) is 5.57 Å². The number of hydrogen-bond donors (Lipinski definition) is 0. The first-order chi connectivity index (χ1) is 7.18. The Bertz CT molecular complexity index is 267. The molecule has 84 valence electrons. The highest BCUT2D eigenvalue weighted by molar-refractivity contribution is 5.27. The highest BCUT2D eigenvalue weighted by atomic mass is 15.1. The Balaban J connectivity index is 2.00. The monoisotopic (exact) mass is 205 g/mol. The molecule has 1 saturated heterocycles. The summed E-state index contributed by atoms with van der Waals surface area (Å²) in [5.74, 6) is 0. The minimum absolute atomic E-state index is 0.397. The average Bonchev–Trinajstić information content (AvgIpc) is 2.68. The summed E-state index contributed by atoms with van der Waals surface area (Å²) in [7, 11) is 0. The van der Waals surface area contributed by atoms with Crippen LogP contribution in [0.2, 0.25) is 0 Å². The largest absolute Gasteiger partial charge is 0.377 e. The summed E-state index contributed by atoms with van der Waals surface area (Å²) >= 11 is 0. The minimum atomic E-state index is 0.397. The van der Waals surface area contributed by atoms with Gasteiger partial charge in [0.15, 0.2) is 0 Å². The Morgan fingerprint density at radius 3 is 2.60 bits per heavy atom. The van der Waals surface area contributed by atoms with Crippen molar-refractivity contribution in [3.63, 3.8) is 0 Å². The summed E-state index contributed by atoms with van der Waals surface area (Å²) in [5, 5.41) is 0. The Labute approximate surface area is 93.9 Å². The third-order valence-corrected chi connectivity index (χ3v) is 3.76. The standard InChI is InChI=1S/C14H23N/c1-14(2)9-4-3-7-13(14)8-12-15-10-5-6-11-15/h7-8,12H,3-6,9-11H2,1-2H3/b12-8+. The molecule has 0 saturated carbocycles. The van der Waals surface area contributed by atoms with Crippen LogP contribution in [0.1, 0.15) is 46.0 Å². The van der Waals surface area contributed by atoms with Crippen molar-refractivity contribution in [1.82, 2.24) is 4.90 Å². The van der Waals surface area contributed by atoms with Gasteiger partial charge in [0, 0.05) is 13.1 Å². The Hall–Kier alpha value is -0.720. The van der Waals surface area contributed by atoms with Crippen LogP contribution < -0.4 is 0 Å². The van der Waals surface area contributed by atoms with E-state index >= 15 is 0 Å². The molecular weight excluding hydrogens is 182 g/mol. The lowest BCUT2D eigenvalue weighted by atomic mass is 9.76. The van der Waals surface area contributed by atoms with Crippen LogP contribution in [0, 0.1) is 5.41 Å². The first kappa shape index (κ1) is 10.8. The van der Waals surface area contributed by atoms with E-state index in [-0.39, 0.29) is 0 Å². The van der Waals surface area contributed by atoms with Gasteiger partial charge in [0.2, 0.25) is 0 Å². The molecule has 0 aromatic heterocycles. The zero-order valence-corrected chi connectivity index (χ0v) is 10.1. The fraction of sp³-hybridized carbons (Fsp3) is 0.714. The fourth-order valence-corrected chi connectivity index (χ4v) is 2.59. The van der Waals surface area contributed by atoms with Crippen LogP contribution in [0.5, 0.6) is 0 Å². The summed E-state index contributed by atoms with van der Waals surface area (Å²) in [4.78, 5) is 2.45. The summed E-state index contributed by atoms with van der Waals surface area (Å²) < 4.78 is 0. The number of likely N-dealkylation sites (tertiary alicyclic amines) is 1. The van der Waals surface area contributed by atoms with Crippen LogP contribution in [-0.4, -0.2) is 18.0 Å². The van der Waals surface area contributed by atoms with E-state index in [1.807, 2.05) is 0 Å². The van der Waals surface area contributed by atoms with Gasteiger partial charge in [0.25, 0.3) is 0 Å². The van der Waals surface area contributed by atoms with E-state index in [1.165, 1.54) is 45.2 Å². The number of hydrogen-bond acceptors (Lipinski definition) is 1. The first-order valence-corrected chi connectivity index (χ1v) is 6.31. The van der Waals surface area contributed by atoms with Crippen molar-refractivity contribution < 1.29 is 0 Å². The predicted octanol–water partition coefficient (Wildman–Crippen LogP) is 3.73. The van der Waals surface area contributed by atoms with Crippen LogP contribution in [0.4, 0.5) is 0 Å². The molecule has 0 atom stereocenters. The Morgan fingerprint density at radius 2 is 1.93 bits per heavy atom. The molecule has 1 nitrogen and oxygen atoms in total. The fourth-order valence-electron chi connectivity index (χ4n) is 2.59. The highest BCUT2D eigenvalue weighted by Gasteiger charge is 2.23. The molecular formula is C14H23N. The quantitative estimate of drug-likeness (QED) is 0.664. The lowest BCUT2D eigenvalue weighted by molar-refractivity contribution is 0.383. The second-order valence-corrected chi connectivity index (χ2v) is 5.49. The van der Waals surface area contributed by atoms with Crippen LogP contribution in [0.3, 0.4) is 0 Å². The van der Waals surface area contributed by atoms with E-state index in [4.69, 9.17) is 0 Å². The molecule has 1 aliphatic heterocycles. The van der Waals surface area contributed by atoms with Crippen LogP contribution >= 0.6 is 0 Å². The second kappa shape index (κ2) is 4.42. The molecule has 0 radical (unpaired) electrons.